The zero-order valence-corrected chi connectivity index (χ0v) is 8.80. The zero-order valence-electron chi connectivity index (χ0n) is 8.80. The number of nitrogens with zero attached hydrogens (tertiary/aromatic N) is 1. The number of hydrogen-bond donors (Lipinski definition) is 1. The van der Waals surface area contributed by atoms with Crippen LogP contribution in [0, 0.1) is 5.41 Å². The van der Waals surface area contributed by atoms with Gasteiger partial charge in [0.25, 0.3) is 0 Å². The molecule has 2 heteroatoms. The first kappa shape index (κ1) is 10.0. The summed E-state index contributed by atoms with van der Waals surface area (Å²) >= 11 is 0. The molecule has 2 unspecified atom stereocenters. The highest BCUT2D eigenvalue weighted by Gasteiger charge is 2.40. The fourth-order valence-corrected chi connectivity index (χ4v) is 2.12. The Morgan fingerprint density at radius 3 is 2.42 bits per heavy atom. The maximum atomic E-state index is 6.19. The minimum Gasteiger partial charge on any atom is -0.326 e. The smallest absolute Gasteiger partial charge is 0.0249 e. The molecule has 72 valence electrons. The van der Waals surface area contributed by atoms with Crippen molar-refractivity contribution in [3.63, 3.8) is 0 Å². The summed E-state index contributed by atoms with van der Waals surface area (Å²) in [6, 6.07) is 0.951. The molecule has 1 aliphatic carbocycles. The Labute approximate surface area is 76.1 Å². The quantitative estimate of drug-likeness (QED) is 0.679. The summed E-state index contributed by atoms with van der Waals surface area (Å²) in [6.45, 7) is 7.86. The van der Waals surface area contributed by atoms with E-state index < -0.39 is 0 Å². The normalized spacial score (nSPS) is 34.5. The molecule has 1 aliphatic rings. The van der Waals surface area contributed by atoms with Gasteiger partial charge in [-0.1, -0.05) is 20.8 Å². The van der Waals surface area contributed by atoms with Gasteiger partial charge in [-0.2, -0.15) is 0 Å². The van der Waals surface area contributed by atoms with Gasteiger partial charge in [0.1, 0.15) is 0 Å². The third-order valence-electron chi connectivity index (χ3n) is 3.47. The molecule has 0 amide bonds. The van der Waals surface area contributed by atoms with Gasteiger partial charge in [0.15, 0.2) is 0 Å². The lowest BCUT2D eigenvalue weighted by Gasteiger charge is -2.31. The molecule has 0 saturated heterocycles. The van der Waals surface area contributed by atoms with Crippen LogP contribution in [0.3, 0.4) is 0 Å². The van der Waals surface area contributed by atoms with Crippen LogP contribution in [0.2, 0.25) is 0 Å². The van der Waals surface area contributed by atoms with Crippen molar-refractivity contribution in [1.29, 1.82) is 0 Å². The second-order valence-electron chi connectivity index (χ2n) is 4.69. The van der Waals surface area contributed by atoms with E-state index in [4.69, 9.17) is 5.73 Å². The van der Waals surface area contributed by atoms with Crippen molar-refractivity contribution in [2.75, 3.05) is 13.6 Å². The van der Waals surface area contributed by atoms with Gasteiger partial charge in [-0.05, 0) is 31.8 Å². The van der Waals surface area contributed by atoms with E-state index in [2.05, 4.69) is 32.7 Å². The molecular weight excluding hydrogens is 148 g/mol. The van der Waals surface area contributed by atoms with E-state index in [-0.39, 0.29) is 0 Å². The van der Waals surface area contributed by atoms with Crippen LogP contribution >= 0.6 is 0 Å². The molecule has 0 aromatic carbocycles. The summed E-state index contributed by atoms with van der Waals surface area (Å²) in [5, 5.41) is 0. The number of hydrogen-bond acceptors (Lipinski definition) is 2. The summed E-state index contributed by atoms with van der Waals surface area (Å²) in [4.78, 5) is 2.37. The van der Waals surface area contributed by atoms with Crippen LogP contribution in [-0.4, -0.2) is 30.6 Å². The Kier molecular flexibility index (Phi) is 2.79. The van der Waals surface area contributed by atoms with Gasteiger partial charge in [-0.3, -0.25) is 0 Å². The van der Waals surface area contributed by atoms with Gasteiger partial charge in [0.05, 0.1) is 0 Å². The third kappa shape index (κ3) is 1.64. The van der Waals surface area contributed by atoms with E-state index in [1.807, 2.05) is 0 Å². The summed E-state index contributed by atoms with van der Waals surface area (Å²) in [7, 11) is 2.17. The number of likely N-dealkylation sites (N-methyl/N-ethyl adjacent to an activating group) is 1. The van der Waals surface area contributed by atoms with Gasteiger partial charge in [-0.25, -0.2) is 0 Å². The fourth-order valence-electron chi connectivity index (χ4n) is 2.12. The predicted molar refractivity (Wildman–Crippen MR) is 53.1 cm³/mol. The predicted octanol–water partition coefficient (Wildman–Crippen LogP) is 1.45. The first-order chi connectivity index (χ1) is 5.49. The molecule has 0 radical (unpaired) electrons. The summed E-state index contributed by atoms with van der Waals surface area (Å²) < 4.78 is 0. The van der Waals surface area contributed by atoms with Crippen molar-refractivity contribution in [1.82, 2.24) is 4.90 Å². The molecular formula is C10H22N2. The fraction of sp³-hybridized carbons (Fsp3) is 1.00. The summed E-state index contributed by atoms with van der Waals surface area (Å²) in [5.41, 5.74) is 6.53. The molecule has 0 spiro atoms. The Morgan fingerprint density at radius 2 is 2.08 bits per heavy atom. The molecule has 2 nitrogen and oxygen atoms in total. The highest BCUT2D eigenvalue weighted by atomic mass is 15.1. The number of rotatable bonds is 2. The van der Waals surface area contributed by atoms with Crippen LogP contribution in [-0.2, 0) is 0 Å². The Morgan fingerprint density at radius 1 is 1.50 bits per heavy atom. The van der Waals surface area contributed by atoms with E-state index in [1.54, 1.807) is 0 Å². The van der Waals surface area contributed by atoms with Crippen LogP contribution in [0.15, 0.2) is 0 Å². The van der Waals surface area contributed by atoms with Crippen LogP contribution < -0.4 is 5.73 Å². The molecule has 0 bridgehead atoms. The van der Waals surface area contributed by atoms with Gasteiger partial charge in [0.2, 0.25) is 0 Å². The molecule has 0 heterocycles. The van der Waals surface area contributed by atoms with Crippen molar-refractivity contribution in [2.45, 2.75) is 45.7 Å². The van der Waals surface area contributed by atoms with E-state index in [1.165, 1.54) is 12.8 Å². The van der Waals surface area contributed by atoms with Crippen molar-refractivity contribution < 1.29 is 0 Å². The van der Waals surface area contributed by atoms with Crippen LogP contribution in [0.1, 0.15) is 33.6 Å². The van der Waals surface area contributed by atoms with Crippen molar-refractivity contribution in [3.05, 3.63) is 0 Å². The van der Waals surface area contributed by atoms with E-state index >= 15 is 0 Å². The lowest BCUT2D eigenvalue weighted by molar-refractivity contribution is 0.206. The maximum Gasteiger partial charge on any atom is 0.0249 e. The van der Waals surface area contributed by atoms with Crippen molar-refractivity contribution in [3.8, 4) is 0 Å². The van der Waals surface area contributed by atoms with Crippen LogP contribution in [0.5, 0.6) is 0 Å². The van der Waals surface area contributed by atoms with Gasteiger partial charge in [0, 0.05) is 12.1 Å². The molecule has 1 saturated carbocycles. The largest absolute Gasteiger partial charge is 0.326 e. The molecule has 0 aliphatic heterocycles. The first-order valence-corrected chi connectivity index (χ1v) is 4.95. The topological polar surface area (TPSA) is 29.3 Å². The Hall–Kier alpha value is -0.0800. The van der Waals surface area contributed by atoms with Crippen molar-refractivity contribution >= 4 is 0 Å². The van der Waals surface area contributed by atoms with Gasteiger partial charge >= 0.3 is 0 Å². The minimum absolute atomic E-state index is 0.341. The highest BCUT2D eigenvalue weighted by molar-refractivity contribution is 4.98. The monoisotopic (exact) mass is 170 g/mol. The number of nitrogens with two attached hydrogens (primary N) is 1. The summed E-state index contributed by atoms with van der Waals surface area (Å²) in [5.74, 6) is 0. The molecule has 1 rings (SSSR count). The lowest BCUT2D eigenvalue weighted by Crippen LogP contribution is -2.47. The van der Waals surface area contributed by atoms with Crippen LogP contribution in [0.4, 0.5) is 0 Å². The second-order valence-corrected chi connectivity index (χ2v) is 4.69. The van der Waals surface area contributed by atoms with Crippen molar-refractivity contribution in [2.24, 2.45) is 11.1 Å². The standard InChI is InChI=1S/C10H22N2/c1-5-12(4)8-6-7-10(2,3)9(8)11/h8-9H,5-7,11H2,1-4H3. The minimum atomic E-state index is 0.341. The van der Waals surface area contributed by atoms with E-state index in [9.17, 15) is 0 Å². The average Bonchev–Trinajstić information content (AvgIpc) is 2.27. The third-order valence-corrected chi connectivity index (χ3v) is 3.47. The molecule has 1 fully saturated rings. The molecule has 12 heavy (non-hydrogen) atoms. The van der Waals surface area contributed by atoms with Gasteiger partial charge in [-0.15, -0.1) is 0 Å². The second kappa shape index (κ2) is 3.35. The molecule has 2 N–H and O–H groups in total. The SMILES string of the molecule is CCN(C)C1CCC(C)(C)C1N. The molecule has 2 atom stereocenters. The lowest BCUT2D eigenvalue weighted by atomic mass is 9.87. The highest BCUT2D eigenvalue weighted by Crippen LogP contribution is 2.37. The first-order valence-electron chi connectivity index (χ1n) is 4.95. The van der Waals surface area contributed by atoms with Gasteiger partial charge < -0.3 is 10.6 Å². The zero-order chi connectivity index (χ0) is 9.35. The summed E-state index contributed by atoms with van der Waals surface area (Å²) in [6.07, 6.45) is 2.53. The Balaban J connectivity index is 2.61. The Bertz CT molecular complexity index is 154. The molecule has 0 aromatic rings. The maximum absolute atomic E-state index is 6.19. The van der Waals surface area contributed by atoms with E-state index in [0.29, 0.717) is 17.5 Å². The van der Waals surface area contributed by atoms with E-state index in [0.717, 1.165) is 6.54 Å². The van der Waals surface area contributed by atoms with Crippen LogP contribution in [0.25, 0.3) is 0 Å². The molecule has 0 aromatic heterocycles. The average molecular weight is 170 g/mol.